The number of aryl methyl sites for hydroxylation is 2. The molecular formula is C13H18N2O4S. The lowest BCUT2D eigenvalue weighted by Crippen LogP contribution is -2.36. The maximum atomic E-state index is 11.9. The van der Waals surface area contributed by atoms with Crippen LogP contribution in [-0.4, -0.2) is 37.8 Å². The molecule has 1 atom stereocenters. The Bertz CT molecular complexity index is 607. The SMILES string of the molecule is Cc1ccc(C(=O)NS(=O)(=O)CC2CCCO2)nc1C. The van der Waals surface area contributed by atoms with Crippen molar-refractivity contribution in [1.82, 2.24) is 9.71 Å². The van der Waals surface area contributed by atoms with E-state index in [1.54, 1.807) is 13.0 Å². The molecule has 0 saturated carbocycles. The van der Waals surface area contributed by atoms with Gasteiger partial charge in [0.1, 0.15) is 5.69 Å². The molecule has 2 rings (SSSR count). The van der Waals surface area contributed by atoms with E-state index in [4.69, 9.17) is 4.74 Å². The van der Waals surface area contributed by atoms with E-state index >= 15 is 0 Å². The molecule has 1 unspecified atom stereocenters. The summed E-state index contributed by atoms with van der Waals surface area (Å²) in [6, 6.07) is 3.25. The highest BCUT2D eigenvalue weighted by atomic mass is 32.2. The Morgan fingerprint density at radius 2 is 2.20 bits per heavy atom. The van der Waals surface area contributed by atoms with Gasteiger partial charge in [-0.25, -0.2) is 18.1 Å². The van der Waals surface area contributed by atoms with Crippen molar-refractivity contribution in [3.63, 3.8) is 0 Å². The normalized spacial score (nSPS) is 19.0. The molecule has 0 spiro atoms. The highest BCUT2D eigenvalue weighted by Crippen LogP contribution is 2.13. The number of rotatable bonds is 4. The van der Waals surface area contributed by atoms with Crippen LogP contribution >= 0.6 is 0 Å². The summed E-state index contributed by atoms with van der Waals surface area (Å²) in [7, 11) is -3.70. The fourth-order valence-corrected chi connectivity index (χ4v) is 3.24. The smallest absolute Gasteiger partial charge is 0.283 e. The molecule has 1 aliphatic rings. The largest absolute Gasteiger partial charge is 0.377 e. The predicted molar refractivity (Wildman–Crippen MR) is 73.9 cm³/mol. The molecule has 1 fully saturated rings. The van der Waals surface area contributed by atoms with E-state index in [0.29, 0.717) is 18.7 Å². The summed E-state index contributed by atoms with van der Waals surface area (Å²) < 4.78 is 31.1. The minimum atomic E-state index is -3.70. The third kappa shape index (κ3) is 3.77. The topological polar surface area (TPSA) is 85.4 Å². The van der Waals surface area contributed by atoms with Crippen LogP contribution in [0, 0.1) is 13.8 Å². The van der Waals surface area contributed by atoms with E-state index < -0.39 is 15.9 Å². The van der Waals surface area contributed by atoms with E-state index in [0.717, 1.165) is 12.0 Å². The summed E-state index contributed by atoms with van der Waals surface area (Å²) in [6.07, 6.45) is 1.23. The molecule has 1 aromatic rings. The van der Waals surface area contributed by atoms with Crippen LogP contribution in [-0.2, 0) is 14.8 Å². The van der Waals surface area contributed by atoms with Gasteiger partial charge in [0.15, 0.2) is 0 Å². The summed E-state index contributed by atoms with van der Waals surface area (Å²) in [5.41, 5.74) is 1.75. The van der Waals surface area contributed by atoms with Gasteiger partial charge in [-0.1, -0.05) is 6.07 Å². The molecule has 0 aliphatic carbocycles. The molecular weight excluding hydrogens is 280 g/mol. The Kier molecular flexibility index (Phi) is 4.39. The van der Waals surface area contributed by atoms with Gasteiger partial charge in [-0.15, -0.1) is 0 Å². The first-order valence-corrected chi connectivity index (χ1v) is 8.13. The Morgan fingerprint density at radius 3 is 2.80 bits per heavy atom. The molecule has 1 aliphatic heterocycles. The van der Waals surface area contributed by atoms with Crippen LogP contribution in [0.25, 0.3) is 0 Å². The van der Waals surface area contributed by atoms with Gasteiger partial charge in [0.2, 0.25) is 10.0 Å². The van der Waals surface area contributed by atoms with Crippen molar-refractivity contribution < 1.29 is 17.9 Å². The monoisotopic (exact) mass is 298 g/mol. The molecule has 1 saturated heterocycles. The van der Waals surface area contributed by atoms with Crippen molar-refractivity contribution >= 4 is 15.9 Å². The molecule has 1 amide bonds. The average Bonchev–Trinajstić information content (AvgIpc) is 2.83. The Labute approximate surface area is 118 Å². The van der Waals surface area contributed by atoms with Crippen LogP contribution < -0.4 is 4.72 Å². The second-order valence-electron chi connectivity index (χ2n) is 4.95. The molecule has 0 aromatic carbocycles. The first kappa shape index (κ1) is 14.9. The van der Waals surface area contributed by atoms with Gasteiger partial charge < -0.3 is 4.74 Å². The number of hydrogen-bond acceptors (Lipinski definition) is 5. The zero-order valence-corrected chi connectivity index (χ0v) is 12.4. The lowest BCUT2D eigenvalue weighted by Gasteiger charge is -2.11. The lowest BCUT2D eigenvalue weighted by molar-refractivity contribution is 0.0975. The van der Waals surface area contributed by atoms with Crippen LogP contribution in [0.2, 0.25) is 0 Å². The molecule has 7 heteroatoms. The third-order valence-corrected chi connectivity index (χ3v) is 4.57. The number of sulfonamides is 1. The van der Waals surface area contributed by atoms with Crippen molar-refractivity contribution in [1.29, 1.82) is 0 Å². The fourth-order valence-electron chi connectivity index (χ4n) is 2.01. The number of nitrogens with one attached hydrogen (secondary N) is 1. The maximum absolute atomic E-state index is 11.9. The number of carbonyl (C=O) groups is 1. The number of aromatic nitrogens is 1. The van der Waals surface area contributed by atoms with Gasteiger partial charge in [-0.2, -0.15) is 0 Å². The number of nitrogens with zero attached hydrogens (tertiary/aromatic N) is 1. The highest BCUT2D eigenvalue weighted by molar-refractivity contribution is 7.90. The first-order valence-electron chi connectivity index (χ1n) is 6.48. The second kappa shape index (κ2) is 5.88. The Morgan fingerprint density at radius 1 is 1.45 bits per heavy atom. The van der Waals surface area contributed by atoms with Crippen molar-refractivity contribution in [2.75, 3.05) is 12.4 Å². The van der Waals surface area contributed by atoms with Gasteiger partial charge in [0.05, 0.1) is 11.9 Å². The van der Waals surface area contributed by atoms with Crippen LogP contribution in [0.5, 0.6) is 0 Å². The minimum absolute atomic E-state index is 0.101. The standard InChI is InChI=1S/C13H18N2O4S/c1-9-5-6-12(14-10(9)2)13(16)15-20(17,18)8-11-4-3-7-19-11/h5-6,11H,3-4,7-8H2,1-2H3,(H,15,16). The second-order valence-corrected chi connectivity index (χ2v) is 6.71. The maximum Gasteiger partial charge on any atom is 0.283 e. The average molecular weight is 298 g/mol. The zero-order chi connectivity index (χ0) is 14.8. The summed E-state index contributed by atoms with van der Waals surface area (Å²) >= 11 is 0. The number of amides is 1. The van der Waals surface area contributed by atoms with Crippen LogP contribution in [0.1, 0.15) is 34.6 Å². The number of carbonyl (C=O) groups excluding carboxylic acids is 1. The van der Waals surface area contributed by atoms with Crippen molar-refractivity contribution in [3.8, 4) is 0 Å². The van der Waals surface area contributed by atoms with Gasteiger partial charge in [0.25, 0.3) is 5.91 Å². The van der Waals surface area contributed by atoms with E-state index in [2.05, 4.69) is 4.98 Å². The quantitative estimate of drug-likeness (QED) is 0.894. The summed E-state index contributed by atoms with van der Waals surface area (Å²) in [6.45, 7) is 4.22. The predicted octanol–water partition coefficient (Wildman–Crippen LogP) is 0.937. The Balaban J connectivity index is 2.04. The molecule has 110 valence electrons. The van der Waals surface area contributed by atoms with Crippen molar-refractivity contribution in [3.05, 3.63) is 29.1 Å². The molecule has 0 bridgehead atoms. The van der Waals surface area contributed by atoms with Gasteiger partial charge in [0, 0.05) is 12.3 Å². The molecule has 6 nitrogen and oxygen atoms in total. The number of ether oxygens (including phenoxy) is 1. The first-order chi connectivity index (χ1) is 9.37. The zero-order valence-electron chi connectivity index (χ0n) is 11.5. The fraction of sp³-hybridized carbons (Fsp3) is 0.538. The Hall–Kier alpha value is -1.47. The lowest BCUT2D eigenvalue weighted by atomic mass is 10.2. The molecule has 1 aromatic heterocycles. The third-order valence-electron chi connectivity index (χ3n) is 3.26. The van der Waals surface area contributed by atoms with E-state index in [1.165, 1.54) is 6.07 Å². The number of hydrogen-bond donors (Lipinski definition) is 1. The highest BCUT2D eigenvalue weighted by Gasteiger charge is 2.25. The molecule has 2 heterocycles. The summed E-state index contributed by atoms with van der Waals surface area (Å²) in [4.78, 5) is 16.0. The van der Waals surface area contributed by atoms with Crippen LogP contribution in [0.3, 0.4) is 0 Å². The van der Waals surface area contributed by atoms with Gasteiger partial charge >= 0.3 is 0 Å². The minimum Gasteiger partial charge on any atom is -0.377 e. The summed E-state index contributed by atoms with van der Waals surface area (Å²) in [5.74, 6) is -0.894. The van der Waals surface area contributed by atoms with E-state index in [9.17, 15) is 13.2 Å². The number of pyridine rings is 1. The molecule has 0 radical (unpaired) electrons. The van der Waals surface area contributed by atoms with E-state index in [-0.39, 0.29) is 17.6 Å². The molecule has 20 heavy (non-hydrogen) atoms. The van der Waals surface area contributed by atoms with Crippen LogP contribution in [0.15, 0.2) is 12.1 Å². The van der Waals surface area contributed by atoms with Gasteiger partial charge in [-0.05, 0) is 38.3 Å². The van der Waals surface area contributed by atoms with Crippen molar-refractivity contribution in [2.45, 2.75) is 32.8 Å². The van der Waals surface area contributed by atoms with Gasteiger partial charge in [-0.3, -0.25) is 4.79 Å². The summed E-state index contributed by atoms with van der Waals surface area (Å²) in [5, 5.41) is 0. The van der Waals surface area contributed by atoms with E-state index in [1.807, 2.05) is 11.6 Å². The van der Waals surface area contributed by atoms with Crippen molar-refractivity contribution in [2.24, 2.45) is 0 Å². The van der Waals surface area contributed by atoms with Crippen LogP contribution in [0.4, 0.5) is 0 Å². The molecule has 1 N–H and O–H groups in total.